The van der Waals surface area contributed by atoms with Crippen LogP contribution in [-0.4, -0.2) is 22.9 Å². The number of hydrogen-bond acceptors (Lipinski definition) is 3. The summed E-state index contributed by atoms with van der Waals surface area (Å²) in [7, 11) is 1.09. The lowest BCUT2D eigenvalue weighted by atomic mass is 10.3. The summed E-state index contributed by atoms with van der Waals surface area (Å²) < 4.78 is 42.4. The molecule has 16 heavy (non-hydrogen) atoms. The third kappa shape index (κ3) is 2.21. The monoisotopic (exact) mass is 300 g/mol. The quantitative estimate of drug-likeness (QED) is 0.788. The zero-order valence-corrected chi connectivity index (χ0v) is 10.0. The molecule has 0 unspecified atom stereocenters. The number of rotatable bonds is 2. The van der Waals surface area contributed by atoms with E-state index >= 15 is 0 Å². The zero-order valence-electron chi connectivity index (χ0n) is 8.43. The number of halogens is 4. The first-order valence-electron chi connectivity index (χ1n) is 4.24. The van der Waals surface area contributed by atoms with Crippen molar-refractivity contribution in [3.8, 4) is 0 Å². The topological polar surface area (TPSA) is 44.1 Å². The van der Waals surface area contributed by atoms with Crippen LogP contribution < -0.4 is 0 Å². The van der Waals surface area contributed by atoms with Crippen molar-refractivity contribution in [2.75, 3.05) is 7.11 Å². The fourth-order valence-electron chi connectivity index (χ4n) is 1.14. The first kappa shape index (κ1) is 13.0. The zero-order chi connectivity index (χ0) is 12.5. The maximum absolute atomic E-state index is 12.5. The Kier molecular flexibility index (Phi) is 3.61. The van der Waals surface area contributed by atoms with Gasteiger partial charge in [-0.3, -0.25) is 4.68 Å². The van der Waals surface area contributed by atoms with Gasteiger partial charge in [-0.25, -0.2) is 4.79 Å². The second kappa shape index (κ2) is 4.44. The molecule has 0 bridgehead atoms. The molecule has 0 spiro atoms. The number of hydrogen-bond donors (Lipinski definition) is 0. The summed E-state index contributed by atoms with van der Waals surface area (Å²) in [6.07, 6.45) is -4.61. The van der Waals surface area contributed by atoms with Gasteiger partial charge in [-0.1, -0.05) is 0 Å². The lowest BCUT2D eigenvalue weighted by Gasteiger charge is -2.02. The number of carbonyl (C=O) groups excluding carboxylic acids is 1. The van der Waals surface area contributed by atoms with E-state index in [1.54, 1.807) is 6.92 Å². The maximum Gasteiger partial charge on any atom is 0.436 e. The van der Waals surface area contributed by atoms with Crippen molar-refractivity contribution in [2.24, 2.45) is 0 Å². The average molecular weight is 301 g/mol. The highest BCUT2D eigenvalue weighted by atomic mass is 79.9. The Hall–Kier alpha value is -1.05. The highest BCUT2D eigenvalue weighted by Crippen LogP contribution is 2.35. The SMILES string of the molecule is CCn1nc(C(F)(F)F)c(Br)c1C(=O)OC. The Morgan fingerprint density at radius 3 is 2.50 bits per heavy atom. The maximum atomic E-state index is 12.5. The normalized spacial score (nSPS) is 11.6. The molecule has 0 aliphatic rings. The predicted molar refractivity (Wildman–Crippen MR) is 51.9 cm³/mol. The first-order chi connectivity index (χ1) is 7.32. The number of carbonyl (C=O) groups is 1. The van der Waals surface area contributed by atoms with E-state index < -0.39 is 22.3 Å². The third-order valence-corrected chi connectivity index (χ3v) is 2.59. The number of ether oxygens (including phenoxy) is 1. The van der Waals surface area contributed by atoms with Gasteiger partial charge >= 0.3 is 12.1 Å². The molecule has 0 radical (unpaired) electrons. The number of aryl methyl sites for hydroxylation is 1. The van der Waals surface area contributed by atoms with E-state index in [4.69, 9.17) is 0 Å². The van der Waals surface area contributed by atoms with Crippen LogP contribution in [0.3, 0.4) is 0 Å². The Labute approximate surface area is 97.5 Å². The Morgan fingerprint density at radius 2 is 2.12 bits per heavy atom. The number of methoxy groups -OCH3 is 1. The number of aromatic nitrogens is 2. The van der Waals surface area contributed by atoms with Crippen LogP contribution in [0.4, 0.5) is 13.2 Å². The van der Waals surface area contributed by atoms with Gasteiger partial charge in [-0.15, -0.1) is 0 Å². The second-order valence-electron chi connectivity index (χ2n) is 2.82. The molecule has 0 atom stereocenters. The van der Waals surface area contributed by atoms with Crippen LogP contribution >= 0.6 is 15.9 Å². The van der Waals surface area contributed by atoms with Crippen molar-refractivity contribution in [1.29, 1.82) is 0 Å². The van der Waals surface area contributed by atoms with Crippen LogP contribution in [0.2, 0.25) is 0 Å². The van der Waals surface area contributed by atoms with Crippen molar-refractivity contribution >= 4 is 21.9 Å². The molecule has 0 amide bonds. The number of esters is 1. The smallest absolute Gasteiger partial charge is 0.436 e. The van der Waals surface area contributed by atoms with Crippen molar-refractivity contribution in [1.82, 2.24) is 9.78 Å². The molecular formula is C8H8BrF3N2O2. The molecule has 0 aliphatic carbocycles. The average Bonchev–Trinajstić information content (AvgIpc) is 2.53. The van der Waals surface area contributed by atoms with E-state index in [-0.39, 0.29) is 12.2 Å². The standard InChI is InChI=1S/C8H8BrF3N2O2/c1-3-14-5(7(15)16-2)4(9)6(13-14)8(10,11)12/h3H2,1-2H3. The molecule has 1 aromatic heterocycles. The van der Waals surface area contributed by atoms with Gasteiger partial charge in [0.05, 0.1) is 11.6 Å². The second-order valence-corrected chi connectivity index (χ2v) is 3.61. The van der Waals surface area contributed by atoms with Crippen LogP contribution in [0.1, 0.15) is 23.1 Å². The highest BCUT2D eigenvalue weighted by molar-refractivity contribution is 9.10. The van der Waals surface area contributed by atoms with Gasteiger partial charge in [0.15, 0.2) is 11.4 Å². The molecule has 1 rings (SSSR count). The fraction of sp³-hybridized carbons (Fsp3) is 0.500. The molecule has 0 fully saturated rings. The molecule has 1 aromatic rings. The fourth-order valence-corrected chi connectivity index (χ4v) is 1.81. The van der Waals surface area contributed by atoms with Crippen molar-refractivity contribution < 1.29 is 22.7 Å². The Morgan fingerprint density at radius 1 is 1.56 bits per heavy atom. The summed E-state index contributed by atoms with van der Waals surface area (Å²) in [6, 6.07) is 0. The van der Waals surface area contributed by atoms with E-state index in [0.717, 1.165) is 11.8 Å². The van der Waals surface area contributed by atoms with E-state index in [2.05, 4.69) is 25.8 Å². The molecule has 1 heterocycles. The predicted octanol–water partition coefficient (Wildman–Crippen LogP) is 2.47. The van der Waals surface area contributed by atoms with Gasteiger partial charge in [-0.05, 0) is 22.9 Å². The Bertz CT molecular complexity index is 414. The van der Waals surface area contributed by atoms with Crippen LogP contribution in [0.5, 0.6) is 0 Å². The number of nitrogens with zero attached hydrogens (tertiary/aromatic N) is 2. The summed E-state index contributed by atoms with van der Waals surface area (Å²) in [5, 5.41) is 3.31. The summed E-state index contributed by atoms with van der Waals surface area (Å²) in [4.78, 5) is 11.3. The molecule has 4 nitrogen and oxygen atoms in total. The lowest BCUT2D eigenvalue weighted by Crippen LogP contribution is -2.11. The number of alkyl halides is 3. The summed E-state index contributed by atoms with van der Waals surface area (Å²) in [6.45, 7) is 1.71. The van der Waals surface area contributed by atoms with Crippen LogP contribution in [0.25, 0.3) is 0 Å². The summed E-state index contributed by atoms with van der Waals surface area (Å²) in [5.74, 6) is -0.864. The van der Waals surface area contributed by atoms with Crippen molar-refractivity contribution in [3.63, 3.8) is 0 Å². The van der Waals surface area contributed by atoms with E-state index in [0.29, 0.717) is 0 Å². The van der Waals surface area contributed by atoms with E-state index in [1.165, 1.54) is 0 Å². The summed E-state index contributed by atoms with van der Waals surface area (Å²) >= 11 is 2.72. The molecule has 0 aromatic carbocycles. The van der Waals surface area contributed by atoms with E-state index in [1.807, 2.05) is 0 Å². The first-order valence-corrected chi connectivity index (χ1v) is 5.04. The van der Waals surface area contributed by atoms with Crippen LogP contribution in [0, 0.1) is 0 Å². The van der Waals surface area contributed by atoms with Crippen molar-refractivity contribution in [2.45, 2.75) is 19.6 Å². The minimum absolute atomic E-state index is 0.138. The molecule has 8 heteroatoms. The van der Waals surface area contributed by atoms with Gasteiger partial charge < -0.3 is 4.74 Å². The third-order valence-electron chi connectivity index (χ3n) is 1.84. The largest absolute Gasteiger partial charge is 0.464 e. The van der Waals surface area contributed by atoms with Gasteiger partial charge in [0.1, 0.15) is 0 Å². The minimum atomic E-state index is -4.61. The minimum Gasteiger partial charge on any atom is -0.464 e. The molecule has 90 valence electrons. The van der Waals surface area contributed by atoms with Gasteiger partial charge in [0, 0.05) is 6.54 Å². The highest BCUT2D eigenvalue weighted by Gasteiger charge is 2.39. The molecule has 0 saturated carbocycles. The van der Waals surface area contributed by atoms with Gasteiger partial charge in [0.25, 0.3) is 0 Å². The van der Waals surface area contributed by atoms with Crippen LogP contribution in [-0.2, 0) is 17.5 Å². The molecule has 0 saturated heterocycles. The lowest BCUT2D eigenvalue weighted by molar-refractivity contribution is -0.142. The van der Waals surface area contributed by atoms with Gasteiger partial charge in [-0.2, -0.15) is 18.3 Å². The molecular weight excluding hydrogens is 293 g/mol. The Balaban J connectivity index is 3.38. The van der Waals surface area contributed by atoms with Crippen LogP contribution in [0.15, 0.2) is 4.47 Å². The van der Waals surface area contributed by atoms with Gasteiger partial charge in [0.2, 0.25) is 0 Å². The summed E-state index contributed by atoms with van der Waals surface area (Å²) in [5.41, 5.74) is -1.37. The molecule has 0 N–H and O–H groups in total. The molecule has 0 aliphatic heterocycles. The van der Waals surface area contributed by atoms with E-state index in [9.17, 15) is 18.0 Å². The van der Waals surface area contributed by atoms with Crippen molar-refractivity contribution in [3.05, 3.63) is 15.9 Å².